The minimum Gasteiger partial charge on any atom is -0.287 e. The third kappa shape index (κ3) is 2.80. The highest BCUT2D eigenvalue weighted by molar-refractivity contribution is 5.72. The second-order valence-corrected chi connectivity index (χ2v) is 3.81. The molecule has 0 heterocycles. The maximum absolute atomic E-state index is 4.50. The fourth-order valence-electron chi connectivity index (χ4n) is 1.12. The zero-order valence-corrected chi connectivity index (χ0v) is 8.43. The first-order valence-electron chi connectivity index (χ1n) is 4.93. The van der Waals surface area contributed by atoms with Crippen LogP contribution in [0.15, 0.2) is 16.6 Å². The first kappa shape index (κ1) is 9.50. The van der Waals surface area contributed by atoms with Gasteiger partial charge in [0.15, 0.2) is 0 Å². The molecular formula is C11H19N. The summed E-state index contributed by atoms with van der Waals surface area (Å²) in [5, 5.41) is 0. The maximum atomic E-state index is 4.50. The quantitative estimate of drug-likeness (QED) is 0.566. The van der Waals surface area contributed by atoms with E-state index >= 15 is 0 Å². The maximum Gasteiger partial charge on any atom is 0.0581 e. The molecule has 0 aromatic carbocycles. The summed E-state index contributed by atoms with van der Waals surface area (Å²) < 4.78 is 0. The minimum absolute atomic E-state index is 0.309. The summed E-state index contributed by atoms with van der Waals surface area (Å²) >= 11 is 0. The molecule has 0 aliphatic heterocycles. The third-order valence-corrected chi connectivity index (χ3v) is 2.58. The van der Waals surface area contributed by atoms with Gasteiger partial charge in [0.05, 0.1) is 5.54 Å². The topological polar surface area (TPSA) is 12.4 Å². The molecule has 0 bridgehead atoms. The van der Waals surface area contributed by atoms with E-state index in [1.165, 1.54) is 18.4 Å². The summed E-state index contributed by atoms with van der Waals surface area (Å²) in [4.78, 5) is 4.50. The predicted molar refractivity (Wildman–Crippen MR) is 54.8 cm³/mol. The number of rotatable bonds is 4. The van der Waals surface area contributed by atoms with Gasteiger partial charge in [-0.2, -0.15) is 0 Å². The highest BCUT2D eigenvalue weighted by Gasteiger charge is 2.35. The fourth-order valence-corrected chi connectivity index (χ4v) is 1.12. The average Bonchev–Trinajstić information content (AvgIpc) is 2.78. The van der Waals surface area contributed by atoms with Crippen molar-refractivity contribution in [1.29, 1.82) is 0 Å². The zero-order chi connectivity index (χ0) is 9.03. The number of aliphatic imine (C=N–C) groups is 1. The van der Waals surface area contributed by atoms with Crippen LogP contribution in [0.25, 0.3) is 0 Å². The molecule has 0 amide bonds. The van der Waals surface area contributed by atoms with Crippen molar-refractivity contribution in [2.24, 2.45) is 4.99 Å². The van der Waals surface area contributed by atoms with Crippen LogP contribution in [0.2, 0.25) is 0 Å². The van der Waals surface area contributed by atoms with Gasteiger partial charge in [-0.3, -0.25) is 4.99 Å². The standard InChI is InChI=1S/C11H19N/c1-4-10(5-2)6-9-12-11(3)7-8-11/h6,9H,4-5,7-8H2,1-3H3/b12-9+. The van der Waals surface area contributed by atoms with Gasteiger partial charge in [-0.15, -0.1) is 0 Å². The predicted octanol–water partition coefficient (Wildman–Crippen LogP) is 3.36. The van der Waals surface area contributed by atoms with Crippen LogP contribution in [-0.2, 0) is 0 Å². The first-order valence-corrected chi connectivity index (χ1v) is 4.93. The smallest absolute Gasteiger partial charge is 0.0581 e. The van der Waals surface area contributed by atoms with E-state index in [-0.39, 0.29) is 0 Å². The lowest BCUT2D eigenvalue weighted by Crippen LogP contribution is -1.94. The summed E-state index contributed by atoms with van der Waals surface area (Å²) in [6.45, 7) is 6.61. The van der Waals surface area contributed by atoms with Crippen LogP contribution in [0.3, 0.4) is 0 Å². The van der Waals surface area contributed by atoms with Crippen molar-refractivity contribution >= 4 is 6.21 Å². The molecule has 0 atom stereocenters. The Balaban J connectivity index is 2.40. The average molecular weight is 165 g/mol. The van der Waals surface area contributed by atoms with E-state index in [2.05, 4.69) is 31.8 Å². The Bertz CT molecular complexity index is 191. The van der Waals surface area contributed by atoms with Crippen LogP contribution in [0.4, 0.5) is 0 Å². The van der Waals surface area contributed by atoms with Crippen LogP contribution in [0, 0.1) is 0 Å². The van der Waals surface area contributed by atoms with Crippen LogP contribution in [0.1, 0.15) is 46.5 Å². The lowest BCUT2D eigenvalue weighted by Gasteiger charge is -1.98. The molecule has 1 heteroatoms. The summed E-state index contributed by atoms with van der Waals surface area (Å²) in [7, 11) is 0. The van der Waals surface area contributed by atoms with Crippen molar-refractivity contribution in [3.63, 3.8) is 0 Å². The third-order valence-electron chi connectivity index (χ3n) is 2.58. The minimum atomic E-state index is 0.309. The van der Waals surface area contributed by atoms with E-state index in [0.29, 0.717) is 5.54 Å². The summed E-state index contributed by atoms with van der Waals surface area (Å²) in [6, 6.07) is 0. The first-order chi connectivity index (χ1) is 5.70. The lowest BCUT2D eigenvalue weighted by molar-refractivity contribution is 0.770. The molecule has 68 valence electrons. The number of hydrogen-bond acceptors (Lipinski definition) is 1. The summed E-state index contributed by atoms with van der Waals surface area (Å²) in [6.07, 6.45) is 9.01. The van der Waals surface area contributed by atoms with Gasteiger partial charge in [0.1, 0.15) is 0 Å². The molecule has 0 spiro atoms. The van der Waals surface area contributed by atoms with E-state index in [4.69, 9.17) is 0 Å². The highest BCUT2D eigenvalue weighted by Crippen LogP contribution is 2.38. The monoisotopic (exact) mass is 165 g/mol. The second-order valence-electron chi connectivity index (χ2n) is 3.81. The molecule has 1 rings (SSSR count). The van der Waals surface area contributed by atoms with Crippen LogP contribution >= 0.6 is 0 Å². The Hall–Kier alpha value is -0.590. The molecular weight excluding hydrogens is 146 g/mol. The Morgan fingerprint density at radius 1 is 1.33 bits per heavy atom. The van der Waals surface area contributed by atoms with E-state index in [0.717, 1.165) is 12.8 Å². The Morgan fingerprint density at radius 2 is 1.92 bits per heavy atom. The van der Waals surface area contributed by atoms with Crippen LogP contribution < -0.4 is 0 Å². The van der Waals surface area contributed by atoms with Gasteiger partial charge in [0.25, 0.3) is 0 Å². The fraction of sp³-hybridized carbons (Fsp3) is 0.727. The van der Waals surface area contributed by atoms with Crippen molar-refractivity contribution in [3.8, 4) is 0 Å². The molecule has 1 aliphatic rings. The number of nitrogens with zero attached hydrogens (tertiary/aromatic N) is 1. The molecule has 1 fully saturated rings. The van der Waals surface area contributed by atoms with Crippen molar-refractivity contribution in [3.05, 3.63) is 11.6 Å². The molecule has 0 aromatic heterocycles. The van der Waals surface area contributed by atoms with E-state index in [1.807, 2.05) is 6.21 Å². The van der Waals surface area contributed by atoms with E-state index in [9.17, 15) is 0 Å². The molecule has 0 radical (unpaired) electrons. The van der Waals surface area contributed by atoms with E-state index in [1.54, 1.807) is 0 Å². The molecule has 1 nitrogen and oxygen atoms in total. The molecule has 0 unspecified atom stereocenters. The Morgan fingerprint density at radius 3 is 2.33 bits per heavy atom. The van der Waals surface area contributed by atoms with Gasteiger partial charge in [0, 0.05) is 6.21 Å². The largest absolute Gasteiger partial charge is 0.287 e. The number of allylic oxidation sites excluding steroid dienone is 2. The number of hydrogen-bond donors (Lipinski definition) is 0. The highest BCUT2D eigenvalue weighted by atomic mass is 14.9. The van der Waals surface area contributed by atoms with Crippen LogP contribution in [0.5, 0.6) is 0 Å². The van der Waals surface area contributed by atoms with E-state index < -0.39 is 0 Å². The second kappa shape index (κ2) is 3.88. The molecule has 12 heavy (non-hydrogen) atoms. The Kier molecular flexibility index (Phi) is 3.07. The molecule has 0 N–H and O–H groups in total. The summed E-state index contributed by atoms with van der Waals surface area (Å²) in [5.74, 6) is 0. The van der Waals surface area contributed by atoms with Gasteiger partial charge in [-0.05, 0) is 38.7 Å². The van der Waals surface area contributed by atoms with Gasteiger partial charge >= 0.3 is 0 Å². The molecule has 1 aliphatic carbocycles. The van der Waals surface area contributed by atoms with Gasteiger partial charge in [-0.1, -0.05) is 19.4 Å². The molecule has 0 saturated heterocycles. The normalized spacial score (nSPS) is 19.6. The van der Waals surface area contributed by atoms with Crippen molar-refractivity contribution in [2.75, 3.05) is 0 Å². The van der Waals surface area contributed by atoms with Crippen molar-refractivity contribution < 1.29 is 0 Å². The summed E-state index contributed by atoms with van der Waals surface area (Å²) in [5.41, 5.74) is 1.80. The van der Waals surface area contributed by atoms with Gasteiger partial charge < -0.3 is 0 Å². The lowest BCUT2D eigenvalue weighted by atomic mass is 10.1. The molecule has 1 saturated carbocycles. The van der Waals surface area contributed by atoms with Crippen molar-refractivity contribution in [1.82, 2.24) is 0 Å². The van der Waals surface area contributed by atoms with Crippen LogP contribution in [-0.4, -0.2) is 11.8 Å². The van der Waals surface area contributed by atoms with Crippen molar-refractivity contribution in [2.45, 2.75) is 52.0 Å². The zero-order valence-electron chi connectivity index (χ0n) is 8.43. The molecule has 0 aromatic rings. The van der Waals surface area contributed by atoms with Gasteiger partial charge in [-0.25, -0.2) is 0 Å². The Labute approximate surface area is 75.6 Å². The van der Waals surface area contributed by atoms with Gasteiger partial charge in [0.2, 0.25) is 0 Å². The SMILES string of the molecule is CCC(=C/C=N/C1(C)CC1)CC.